The second kappa shape index (κ2) is 14.2. The molecule has 0 fully saturated rings. The van der Waals surface area contributed by atoms with Crippen LogP contribution in [0.2, 0.25) is 0 Å². The molecule has 14 rings (SSSR count). The molecule has 0 saturated heterocycles. The number of fused-ring (bicyclic) bond motifs is 8. The maximum Gasteiger partial charge on any atom is 0.0540 e. The second-order valence-electron chi connectivity index (χ2n) is 19.5. The summed E-state index contributed by atoms with van der Waals surface area (Å²) in [6, 6.07) is 76.1. The van der Waals surface area contributed by atoms with E-state index in [-0.39, 0.29) is 0 Å². The van der Waals surface area contributed by atoms with Gasteiger partial charge in [-0.2, -0.15) is 0 Å². The zero-order chi connectivity index (χ0) is 44.7. The number of nitrogens with zero attached hydrogens (tertiary/aromatic N) is 1. The summed E-state index contributed by atoms with van der Waals surface area (Å²) < 4.78 is 0. The van der Waals surface area contributed by atoms with Crippen molar-refractivity contribution >= 4 is 114 Å². The third-order valence-corrected chi connectivity index (χ3v) is 15.2. The molecule has 0 unspecified atom stereocenters. The van der Waals surface area contributed by atoms with Crippen LogP contribution in [-0.4, -0.2) is 0 Å². The molecular formula is C66H47N. The number of hydrogen-bond donors (Lipinski definition) is 0. The molecule has 0 N–H and O–H groups in total. The van der Waals surface area contributed by atoms with Gasteiger partial charge in [0.2, 0.25) is 0 Å². The van der Waals surface area contributed by atoms with E-state index in [1.807, 2.05) is 0 Å². The minimum Gasteiger partial charge on any atom is -0.310 e. The van der Waals surface area contributed by atoms with Crippen LogP contribution < -0.4 is 4.90 Å². The Bertz CT molecular complexity index is 3990. The fourth-order valence-electron chi connectivity index (χ4n) is 12.2. The molecule has 0 aliphatic carbocycles. The van der Waals surface area contributed by atoms with Gasteiger partial charge in [-0.3, -0.25) is 0 Å². The molecule has 0 aromatic heterocycles. The standard InChI is InChI=1S/C66H47N/c1-38(2)40-24-28-45(29-25-40)67(46-30-26-41(27-31-46)39(3)4)56-37-36-53-60-51(56)22-13-23-52(60)63-58(43-14-7-5-8-15-43)65-54-34-32-49-47-20-11-18-42-19-12-21-48(57(42)47)50-33-35-55(62(54)61(49)50)66(65)59(64(53)63)44-16-9-6-10-17-44/h5-39H,1-4H3. The van der Waals surface area contributed by atoms with Crippen LogP contribution in [0.15, 0.2) is 200 Å². The van der Waals surface area contributed by atoms with E-state index in [2.05, 4.69) is 233 Å². The number of rotatable bonds is 7. The van der Waals surface area contributed by atoms with Gasteiger partial charge in [-0.15, -0.1) is 0 Å². The molecule has 0 bridgehead atoms. The third-order valence-electron chi connectivity index (χ3n) is 15.2. The van der Waals surface area contributed by atoms with E-state index < -0.39 is 0 Å². The van der Waals surface area contributed by atoms with Crippen LogP contribution in [0.25, 0.3) is 119 Å². The highest BCUT2D eigenvalue weighted by Crippen LogP contribution is 2.58. The highest BCUT2D eigenvalue weighted by molar-refractivity contribution is 6.49. The van der Waals surface area contributed by atoms with Gasteiger partial charge < -0.3 is 4.90 Å². The lowest BCUT2D eigenvalue weighted by atomic mass is 9.87. The Balaban J connectivity index is 1.16. The molecule has 0 saturated carbocycles. The van der Waals surface area contributed by atoms with E-state index in [0.717, 1.165) is 11.4 Å². The van der Waals surface area contributed by atoms with Gasteiger partial charge in [-0.25, -0.2) is 0 Å². The summed E-state index contributed by atoms with van der Waals surface area (Å²) in [5, 5.41) is 23.8. The van der Waals surface area contributed by atoms with E-state index in [4.69, 9.17) is 0 Å². The lowest BCUT2D eigenvalue weighted by Crippen LogP contribution is -2.11. The normalized spacial score (nSPS) is 12.4. The second-order valence-corrected chi connectivity index (χ2v) is 19.5. The SMILES string of the molecule is CC(C)c1ccc(N(c2ccc(C(C)C)cc2)c2ccc3c4c(-c5ccccc5)c5c6ccc7c8cccc9cccc(c%10ccc(c5c(-c5ccccc5)c4c4cccc2c43)c6c%107)c98)cc1. The molecule has 1 heteroatoms. The van der Waals surface area contributed by atoms with Crippen LogP contribution in [0, 0.1) is 0 Å². The predicted molar refractivity (Wildman–Crippen MR) is 291 cm³/mol. The topological polar surface area (TPSA) is 3.24 Å². The van der Waals surface area contributed by atoms with Gasteiger partial charge in [0.15, 0.2) is 0 Å². The summed E-state index contributed by atoms with van der Waals surface area (Å²) in [6.45, 7) is 9.08. The maximum absolute atomic E-state index is 2.48. The molecule has 0 aliphatic heterocycles. The van der Waals surface area contributed by atoms with Gasteiger partial charge in [0.1, 0.15) is 0 Å². The van der Waals surface area contributed by atoms with Crippen LogP contribution in [-0.2, 0) is 0 Å². The number of benzene rings is 12. The first-order valence-electron chi connectivity index (χ1n) is 24.0. The lowest BCUT2D eigenvalue weighted by Gasteiger charge is -2.28. The zero-order valence-corrected chi connectivity index (χ0v) is 38.2. The van der Waals surface area contributed by atoms with Crippen LogP contribution in [0.3, 0.4) is 0 Å². The first-order valence-corrected chi connectivity index (χ1v) is 24.0. The van der Waals surface area contributed by atoms with Gasteiger partial charge in [0.05, 0.1) is 5.69 Å². The Kier molecular flexibility index (Phi) is 8.14. The van der Waals surface area contributed by atoms with Crippen molar-refractivity contribution < 1.29 is 0 Å². The van der Waals surface area contributed by atoms with Crippen molar-refractivity contribution in [3.8, 4) is 22.3 Å². The molecule has 0 spiro atoms. The molecule has 14 aromatic carbocycles. The fraction of sp³-hybridized carbons (Fsp3) is 0.0909. The van der Waals surface area contributed by atoms with Gasteiger partial charge in [0, 0.05) is 16.8 Å². The molecule has 67 heavy (non-hydrogen) atoms. The molecule has 0 amide bonds. The highest BCUT2D eigenvalue weighted by Gasteiger charge is 2.30. The molecule has 316 valence electrons. The average molecular weight is 854 g/mol. The average Bonchev–Trinajstić information content (AvgIpc) is 3.89. The summed E-state index contributed by atoms with van der Waals surface area (Å²) in [5.41, 5.74) is 11.3. The minimum atomic E-state index is 0.453. The minimum absolute atomic E-state index is 0.453. The quantitative estimate of drug-likeness (QED) is 0.114. The summed E-state index contributed by atoms with van der Waals surface area (Å²) >= 11 is 0. The van der Waals surface area contributed by atoms with Crippen LogP contribution in [0.4, 0.5) is 17.1 Å². The molecule has 0 heterocycles. The Labute approximate surface area is 390 Å². The van der Waals surface area contributed by atoms with E-state index in [0.29, 0.717) is 11.8 Å². The van der Waals surface area contributed by atoms with Gasteiger partial charge in [0.25, 0.3) is 0 Å². The fourth-order valence-corrected chi connectivity index (χ4v) is 12.2. The maximum atomic E-state index is 2.48. The van der Waals surface area contributed by atoms with Crippen molar-refractivity contribution in [3.63, 3.8) is 0 Å². The largest absolute Gasteiger partial charge is 0.310 e. The monoisotopic (exact) mass is 853 g/mol. The Morgan fingerprint density at radius 3 is 1.13 bits per heavy atom. The number of anilines is 3. The Hall–Kier alpha value is -8.00. The van der Waals surface area contributed by atoms with Crippen LogP contribution >= 0.6 is 0 Å². The van der Waals surface area contributed by atoms with E-state index in [1.54, 1.807) is 0 Å². The van der Waals surface area contributed by atoms with Gasteiger partial charge in [-0.05, 0) is 167 Å². The first-order chi connectivity index (χ1) is 32.9. The Morgan fingerprint density at radius 2 is 0.642 bits per heavy atom. The number of hydrogen-bond acceptors (Lipinski definition) is 1. The first kappa shape index (κ1) is 38.3. The molecule has 14 aromatic rings. The summed E-state index contributed by atoms with van der Waals surface area (Å²) in [4.78, 5) is 2.48. The van der Waals surface area contributed by atoms with Crippen molar-refractivity contribution in [2.75, 3.05) is 4.90 Å². The van der Waals surface area contributed by atoms with Crippen molar-refractivity contribution in [1.82, 2.24) is 0 Å². The van der Waals surface area contributed by atoms with Crippen molar-refractivity contribution in [1.29, 1.82) is 0 Å². The van der Waals surface area contributed by atoms with Crippen molar-refractivity contribution in [3.05, 3.63) is 211 Å². The Morgan fingerprint density at radius 1 is 0.269 bits per heavy atom. The van der Waals surface area contributed by atoms with E-state index in [1.165, 1.54) is 136 Å². The van der Waals surface area contributed by atoms with Crippen molar-refractivity contribution in [2.24, 2.45) is 0 Å². The highest BCUT2D eigenvalue weighted by atomic mass is 15.1. The van der Waals surface area contributed by atoms with Gasteiger partial charge >= 0.3 is 0 Å². The third kappa shape index (κ3) is 5.31. The lowest BCUT2D eigenvalue weighted by molar-refractivity contribution is 0.866. The molecule has 1 nitrogen and oxygen atoms in total. The predicted octanol–water partition coefficient (Wildman–Crippen LogP) is 19.4. The van der Waals surface area contributed by atoms with E-state index >= 15 is 0 Å². The summed E-state index contributed by atoms with van der Waals surface area (Å²) in [5.74, 6) is 0.905. The smallest absolute Gasteiger partial charge is 0.0540 e. The zero-order valence-electron chi connectivity index (χ0n) is 38.2. The van der Waals surface area contributed by atoms with E-state index in [9.17, 15) is 0 Å². The molecule has 0 atom stereocenters. The molecule has 0 radical (unpaired) electrons. The molecule has 0 aliphatic rings. The molecular weight excluding hydrogens is 807 g/mol. The van der Waals surface area contributed by atoms with Gasteiger partial charge in [-0.1, -0.05) is 198 Å². The summed E-state index contributed by atoms with van der Waals surface area (Å²) in [6.07, 6.45) is 0. The summed E-state index contributed by atoms with van der Waals surface area (Å²) in [7, 11) is 0. The van der Waals surface area contributed by atoms with Crippen molar-refractivity contribution in [2.45, 2.75) is 39.5 Å². The van der Waals surface area contributed by atoms with Crippen LogP contribution in [0.5, 0.6) is 0 Å². The van der Waals surface area contributed by atoms with Crippen LogP contribution in [0.1, 0.15) is 50.7 Å².